The van der Waals surface area contributed by atoms with Crippen molar-refractivity contribution in [3.8, 4) is 11.4 Å². The molecule has 0 aliphatic heterocycles. The summed E-state index contributed by atoms with van der Waals surface area (Å²) in [6.07, 6.45) is 9.89. The molecule has 1 N–H and O–H groups in total. The second-order valence-corrected chi connectivity index (χ2v) is 19.8. The third kappa shape index (κ3) is 8.64. The van der Waals surface area contributed by atoms with Gasteiger partial charge in [0.2, 0.25) is 0 Å². The third-order valence-corrected chi connectivity index (χ3v) is 11.0. The standard InChI is InChI=1S/C37H57N3O4Si/c1-9-15-37(16-10-2,34(41)22-27(3)14-17-43-19-18-42-5)32-24-33-31(23-28(32)4)30-13-11-12-29-25-40(39-35(29)36(30)38-33)26-44-20-21-45(6,7)8/h23-25,38H,3,9-22,26H2,1-2,4-8H3. The Morgan fingerprint density at radius 1 is 1.07 bits per heavy atom. The number of aryl methyl sites for hydroxylation is 3. The Bertz CT molecular complexity index is 1440. The van der Waals surface area contributed by atoms with Gasteiger partial charge in [0.15, 0.2) is 0 Å². The third-order valence-electron chi connectivity index (χ3n) is 9.26. The first-order valence-electron chi connectivity index (χ1n) is 17.1. The average molecular weight is 636 g/mol. The fourth-order valence-corrected chi connectivity index (χ4v) is 7.68. The molecule has 0 atom stereocenters. The molecule has 0 bridgehead atoms. The summed E-state index contributed by atoms with van der Waals surface area (Å²) >= 11 is 0. The summed E-state index contributed by atoms with van der Waals surface area (Å²) in [5.74, 6) is 0.277. The Labute approximate surface area is 272 Å². The number of nitrogens with one attached hydrogen (secondary N) is 1. The van der Waals surface area contributed by atoms with Crippen LogP contribution in [0.2, 0.25) is 25.7 Å². The van der Waals surface area contributed by atoms with E-state index in [2.05, 4.69) is 70.3 Å². The lowest BCUT2D eigenvalue weighted by atomic mass is 9.67. The molecule has 0 unspecified atom stereocenters. The predicted octanol–water partition coefficient (Wildman–Crippen LogP) is 8.55. The number of rotatable bonds is 19. The highest BCUT2D eigenvalue weighted by atomic mass is 28.3. The fraction of sp³-hybridized carbons (Fsp3) is 0.622. The van der Waals surface area contributed by atoms with E-state index >= 15 is 0 Å². The molecule has 0 fully saturated rings. The SMILES string of the molecule is C=C(CCOCCOC)CC(=O)C(CCC)(CCC)c1cc2[nH]c3c(c2cc1C)CCCc1cn(COCC[Si](C)(C)C)nc1-3. The first-order chi connectivity index (χ1) is 21.5. The van der Waals surface area contributed by atoms with Crippen LogP contribution in [0.5, 0.6) is 0 Å². The molecule has 1 aliphatic rings. The van der Waals surface area contributed by atoms with Gasteiger partial charge >= 0.3 is 0 Å². The molecule has 0 saturated carbocycles. The van der Waals surface area contributed by atoms with Gasteiger partial charge in [-0.3, -0.25) is 4.79 Å². The van der Waals surface area contributed by atoms with E-state index in [1.807, 2.05) is 4.68 Å². The lowest BCUT2D eigenvalue weighted by Gasteiger charge is -2.34. The van der Waals surface area contributed by atoms with Gasteiger partial charge < -0.3 is 19.2 Å². The van der Waals surface area contributed by atoms with Crippen molar-refractivity contribution in [1.29, 1.82) is 0 Å². The number of carbonyl (C=O) groups excluding carboxylic acids is 1. The molecule has 0 spiro atoms. The van der Waals surface area contributed by atoms with Crippen LogP contribution in [-0.2, 0) is 44.0 Å². The molecular weight excluding hydrogens is 579 g/mol. The molecule has 3 aromatic rings. The number of ketones is 1. The van der Waals surface area contributed by atoms with Crippen LogP contribution in [0.3, 0.4) is 0 Å². The van der Waals surface area contributed by atoms with Crippen LogP contribution in [0.1, 0.15) is 81.0 Å². The molecule has 8 heteroatoms. The van der Waals surface area contributed by atoms with E-state index in [-0.39, 0.29) is 5.78 Å². The first-order valence-corrected chi connectivity index (χ1v) is 20.8. The lowest BCUT2D eigenvalue weighted by Crippen LogP contribution is -2.37. The van der Waals surface area contributed by atoms with E-state index in [0.717, 1.165) is 85.6 Å². The second-order valence-electron chi connectivity index (χ2n) is 14.2. The number of nitrogens with zero attached hydrogens (tertiary/aromatic N) is 2. The van der Waals surface area contributed by atoms with E-state index in [4.69, 9.17) is 19.3 Å². The summed E-state index contributed by atoms with van der Waals surface area (Å²) in [4.78, 5) is 18.1. The number of methoxy groups -OCH3 is 1. The molecule has 0 radical (unpaired) electrons. The van der Waals surface area contributed by atoms with Gasteiger partial charge in [-0.2, -0.15) is 5.10 Å². The summed E-state index contributed by atoms with van der Waals surface area (Å²) in [6.45, 7) is 20.9. The van der Waals surface area contributed by atoms with Crippen molar-refractivity contribution in [2.24, 2.45) is 0 Å². The molecule has 45 heavy (non-hydrogen) atoms. The minimum atomic E-state index is -1.13. The number of fused-ring (bicyclic) bond motifs is 5. The molecule has 1 aliphatic carbocycles. The molecule has 0 amide bonds. The minimum absolute atomic E-state index is 0.277. The van der Waals surface area contributed by atoms with Gasteiger partial charge in [0.1, 0.15) is 18.2 Å². The van der Waals surface area contributed by atoms with Crippen LogP contribution >= 0.6 is 0 Å². The Hall–Kier alpha value is -2.52. The van der Waals surface area contributed by atoms with Crippen LogP contribution in [-0.4, -0.2) is 62.2 Å². The monoisotopic (exact) mass is 635 g/mol. The summed E-state index contributed by atoms with van der Waals surface area (Å²) < 4.78 is 18.7. The topological polar surface area (TPSA) is 78.4 Å². The molecule has 2 heterocycles. The molecule has 7 nitrogen and oxygen atoms in total. The van der Waals surface area contributed by atoms with Crippen LogP contribution in [0.4, 0.5) is 0 Å². The van der Waals surface area contributed by atoms with Gasteiger partial charge in [0.05, 0.1) is 30.9 Å². The predicted molar refractivity (Wildman–Crippen MR) is 188 cm³/mol. The highest BCUT2D eigenvalue weighted by molar-refractivity contribution is 6.76. The van der Waals surface area contributed by atoms with E-state index in [0.29, 0.717) is 39.4 Å². The maximum Gasteiger partial charge on any atom is 0.147 e. The van der Waals surface area contributed by atoms with E-state index in [1.165, 1.54) is 22.1 Å². The summed E-state index contributed by atoms with van der Waals surface area (Å²) in [5, 5.41) is 6.28. The number of hydrogen-bond donors (Lipinski definition) is 1. The van der Waals surface area contributed by atoms with E-state index < -0.39 is 13.5 Å². The molecule has 1 aromatic carbocycles. The van der Waals surface area contributed by atoms with Crippen LogP contribution in [0.15, 0.2) is 30.5 Å². The van der Waals surface area contributed by atoms with Crippen molar-refractivity contribution in [2.75, 3.05) is 33.5 Å². The molecule has 2 aromatic heterocycles. The zero-order valence-corrected chi connectivity index (χ0v) is 30.1. The number of aromatic nitrogens is 3. The van der Waals surface area contributed by atoms with E-state index in [1.54, 1.807) is 7.11 Å². The summed E-state index contributed by atoms with van der Waals surface area (Å²) in [7, 11) is 0.539. The van der Waals surface area contributed by atoms with Crippen molar-refractivity contribution < 1.29 is 19.0 Å². The number of hydrogen-bond acceptors (Lipinski definition) is 5. The highest BCUT2D eigenvalue weighted by Gasteiger charge is 2.39. The fourth-order valence-electron chi connectivity index (χ4n) is 6.92. The van der Waals surface area contributed by atoms with Crippen molar-refractivity contribution in [3.63, 3.8) is 0 Å². The number of Topliss-reactive ketones (excluding diaryl/α,β-unsaturated/α-hetero) is 1. The second kappa shape index (κ2) is 15.9. The summed E-state index contributed by atoms with van der Waals surface area (Å²) in [6, 6.07) is 5.77. The van der Waals surface area contributed by atoms with Crippen molar-refractivity contribution in [1.82, 2.24) is 14.8 Å². The maximum atomic E-state index is 14.3. The van der Waals surface area contributed by atoms with Crippen molar-refractivity contribution in [3.05, 3.63) is 52.7 Å². The Morgan fingerprint density at radius 3 is 2.51 bits per heavy atom. The number of benzene rings is 1. The zero-order chi connectivity index (χ0) is 32.6. The van der Waals surface area contributed by atoms with Gasteiger partial charge in [-0.15, -0.1) is 0 Å². The van der Waals surface area contributed by atoms with E-state index in [9.17, 15) is 4.79 Å². The average Bonchev–Trinajstić information content (AvgIpc) is 3.50. The normalized spacial score (nSPS) is 13.6. The zero-order valence-electron chi connectivity index (χ0n) is 29.1. The Morgan fingerprint density at radius 2 is 1.82 bits per heavy atom. The van der Waals surface area contributed by atoms with Crippen LogP contribution in [0, 0.1) is 6.92 Å². The minimum Gasteiger partial charge on any atom is -0.382 e. The number of H-pyrrole nitrogens is 1. The van der Waals surface area contributed by atoms with Crippen molar-refractivity contribution in [2.45, 2.75) is 116 Å². The van der Waals surface area contributed by atoms with Gasteiger partial charge in [-0.1, -0.05) is 58.5 Å². The number of ether oxygens (including phenoxy) is 3. The first kappa shape index (κ1) is 35.3. The Kier molecular flexibility index (Phi) is 12.4. The number of carbonyl (C=O) groups is 1. The smallest absolute Gasteiger partial charge is 0.147 e. The van der Waals surface area contributed by atoms with Crippen molar-refractivity contribution >= 4 is 24.8 Å². The molecule has 248 valence electrons. The molecule has 0 saturated heterocycles. The molecular formula is C37H57N3O4Si. The van der Waals surface area contributed by atoms with Gasteiger partial charge in [0.25, 0.3) is 0 Å². The summed E-state index contributed by atoms with van der Waals surface area (Å²) in [5.41, 5.74) is 8.63. The molecule has 4 rings (SSSR count). The van der Waals surface area contributed by atoms with Gasteiger partial charge in [0, 0.05) is 45.3 Å². The van der Waals surface area contributed by atoms with Crippen LogP contribution < -0.4 is 0 Å². The Balaban J connectivity index is 1.64. The number of aromatic amines is 1. The largest absolute Gasteiger partial charge is 0.382 e. The van der Waals surface area contributed by atoms with Gasteiger partial charge in [-0.25, -0.2) is 4.68 Å². The lowest BCUT2D eigenvalue weighted by molar-refractivity contribution is -0.124. The van der Waals surface area contributed by atoms with Gasteiger partial charge in [-0.05, 0) is 85.9 Å². The highest BCUT2D eigenvalue weighted by Crippen LogP contribution is 2.43. The maximum absolute atomic E-state index is 14.3. The van der Waals surface area contributed by atoms with Crippen LogP contribution in [0.25, 0.3) is 22.3 Å². The quantitative estimate of drug-likeness (QED) is 0.0811.